The van der Waals surface area contributed by atoms with E-state index in [1.54, 1.807) is 24.8 Å². The Kier molecular flexibility index (Phi) is 3.90. The number of pyridine rings is 1. The van der Waals surface area contributed by atoms with Crippen molar-refractivity contribution in [3.8, 4) is 11.5 Å². The van der Waals surface area contributed by atoms with E-state index in [1.165, 1.54) is 0 Å². The Labute approximate surface area is 139 Å². The van der Waals surface area contributed by atoms with E-state index in [2.05, 4.69) is 37.3 Å². The van der Waals surface area contributed by atoms with Crippen LogP contribution >= 0.6 is 0 Å². The van der Waals surface area contributed by atoms with Gasteiger partial charge in [-0.3, -0.25) is 9.97 Å². The molecule has 0 spiro atoms. The number of hydrogen-bond donors (Lipinski definition) is 1. The molecule has 3 heterocycles. The van der Waals surface area contributed by atoms with Crippen LogP contribution in [0.4, 0.5) is 5.82 Å². The zero-order valence-corrected chi connectivity index (χ0v) is 13.4. The zero-order chi connectivity index (χ0) is 16.4. The van der Waals surface area contributed by atoms with E-state index in [0.717, 1.165) is 42.2 Å². The Morgan fingerprint density at radius 1 is 1.21 bits per heavy atom. The minimum Gasteiger partial charge on any atom is -0.367 e. The molecule has 0 radical (unpaired) electrons. The molecular weight excluding hydrogens is 304 g/mol. The van der Waals surface area contributed by atoms with Gasteiger partial charge in [-0.2, -0.15) is 4.98 Å². The maximum atomic E-state index is 5.32. The van der Waals surface area contributed by atoms with Crippen LogP contribution in [0.3, 0.4) is 0 Å². The normalized spacial score (nSPS) is 15.2. The van der Waals surface area contributed by atoms with E-state index < -0.39 is 0 Å². The number of aromatic nitrogens is 5. The van der Waals surface area contributed by atoms with Crippen LogP contribution in [0.5, 0.6) is 0 Å². The van der Waals surface area contributed by atoms with Gasteiger partial charge in [0.1, 0.15) is 5.82 Å². The molecule has 1 fully saturated rings. The van der Waals surface area contributed by atoms with Gasteiger partial charge in [0.15, 0.2) is 5.82 Å². The second-order valence-corrected chi connectivity index (χ2v) is 6.11. The van der Waals surface area contributed by atoms with E-state index in [-0.39, 0.29) is 6.04 Å². The Morgan fingerprint density at radius 3 is 2.83 bits per heavy atom. The van der Waals surface area contributed by atoms with Gasteiger partial charge >= 0.3 is 0 Å². The highest BCUT2D eigenvalue weighted by molar-refractivity contribution is 5.54. The van der Waals surface area contributed by atoms with Crippen molar-refractivity contribution in [2.75, 3.05) is 5.32 Å². The standard InChI is InChI=1S/C17H18N6O/c1-11(8-14-10-18-6-7-19-14)21-15-5-4-13(9-20-15)17-22-16(23-24-17)12-2-3-12/h4-7,9-12H,2-3,8H2,1H3,(H,20,21)/t11-/m1/s1. The smallest absolute Gasteiger partial charge is 0.259 e. The summed E-state index contributed by atoms with van der Waals surface area (Å²) in [6.45, 7) is 2.09. The summed E-state index contributed by atoms with van der Waals surface area (Å²) in [5, 5.41) is 7.39. The predicted octanol–water partition coefficient (Wildman–Crippen LogP) is 2.84. The first-order valence-corrected chi connectivity index (χ1v) is 8.09. The van der Waals surface area contributed by atoms with Gasteiger partial charge in [0.2, 0.25) is 0 Å². The molecule has 7 heteroatoms. The number of nitrogens with zero attached hydrogens (tertiary/aromatic N) is 5. The first kappa shape index (κ1) is 14.7. The highest BCUT2D eigenvalue weighted by Gasteiger charge is 2.29. The molecule has 0 aliphatic heterocycles. The molecule has 0 saturated heterocycles. The second kappa shape index (κ2) is 6.35. The maximum absolute atomic E-state index is 5.32. The van der Waals surface area contributed by atoms with Crippen LogP contribution < -0.4 is 5.32 Å². The van der Waals surface area contributed by atoms with Crippen LogP contribution in [0, 0.1) is 0 Å². The van der Waals surface area contributed by atoms with Crippen molar-refractivity contribution in [3.05, 3.63) is 48.4 Å². The molecule has 0 amide bonds. The molecule has 0 unspecified atom stereocenters. The Bertz CT molecular complexity index is 797. The van der Waals surface area contributed by atoms with E-state index in [0.29, 0.717) is 11.8 Å². The minimum atomic E-state index is 0.199. The quantitative estimate of drug-likeness (QED) is 0.746. The molecule has 1 atom stereocenters. The van der Waals surface area contributed by atoms with Gasteiger partial charge in [-0.1, -0.05) is 5.16 Å². The van der Waals surface area contributed by atoms with Crippen molar-refractivity contribution >= 4 is 5.82 Å². The minimum absolute atomic E-state index is 0.199. The largest absolute Gasteiger partial charge is 0.367 e. The summed E-state index contributed by atoms with van der Waals surface area (Å²) in [5.74, 6) is 2.63. The highest BCUT2D eigenvalue weighted by atomic mass is 16.5. The van der Waals surface area contributed by atoms with Crippen LogP contribution in [0.15, 0.2) is 41.4 Å². The average molecular weight is 322 g/mol. The lowest BCUT2D eigenvalue weighted by Gasteiger charge is -2.13. The maximum Gasteiger partial charge on any atom is 0.259 e. The number of nitrogens with one attached hydrogen (secondary N) is 1. The summed E-state index contributed by atoms with van der Waals surface area (Å²) in [6, 6.07) is 4.06. The fourth-order valence-electron chi connectivity index (χ4n) is 2.52. The summed E-state index contributed by atoms with van der Waals surface area (Å²) in [5.41, 5.74) is 1.79. The summed E-state index contributed by atoms with van der Waals surface area (Å²) in [4.78, 5) is 17.2. The number of rotatable bonds is 6. The van der Waals surface area contributed by atoms with Crippen molar-refractivity contribution in [1.29, 1.82) is 0 Å². The molecule has 4 rings (SSSR count). The lowest BCUT2D eigenvalue weighted by Crippen LogP contribution is -2.19. The van der Waals surface area contributed by atoms with Gasteiger partial charge in [-0.05, 0) is 31.9 Å². The third kappa shape index (κ3) is 3.40. The van der Waals surface area contributed by atoms with Gasteiger partial charge in [-0.25, -0.2) is 4.98 Å². The molecule has 122 valence electrons. The predicted molar refractivity (Wildman–Crippen MR) is 88.3 cm³/mol. The van der Waals surface area contributed by atoms with Crippen molar-refractivity contribution in [1.82, 2.24) is 25.1 Å². The molecule has 7 nitrogen and oxygen atoms in total. The van der Waals surface area contributed by atoms with Gasteiger partial charge in [0, 0.05) is 43.2 Å². The van der Waals surface area contributed by atoms with Crippen LogP contribution in [0.2, 0.25) is 0 Å². The fourth-order valence-corrected chi connectivity index (χ4v) is 2.52. The number of hydrogen-bond acceptors (Lipinski definition) is 7. The van der Waals surface area contributed by atoms with E-state index in [1.807, 2.05) is 12.1 Å². The fraction of sp³-hybridized carbons (Fsp3) is 0.353. The zero-order valence-electron chi connectivity index (χ0n) is 13.4. The summed E-state index contributed by atoms with van der Waals surface area (Å²) >= 11 is 0. The van der Waals surface area contributed by atoms with E-state index in [4.69, 9.17) is 4.52 Å². The first-order chi connectivity index (χ1) is 11.8. The molecule has 1 saturated carbocycles. The molecule has 1 aliphatic rings. The van der Waals surface area contributed by atoms with Gasteiger partial charge in [0.25, 0.3) is 5.89 Å². The van der Waals surface area contributed by atoms with Gasteiger partial charge in [0.05, 0.1) is 11.3 Å². The highest BCUT2D eigenvalue weighted by Crippen LogP contribution is 2.38. The SMILES string of the molecule is C[C@H](Cc1cnccn1)Nc1ccc(-c2nc(C3CC3)no2)cn1. The molecule has 3 aromatic rings. The van der Waals surface area contributed by atoms with E-state index >= 15 is 0 Å². The van der Waals surface area contributed by atoms with Crippen molar-refractivity contribution in [2.24, 2.45) is 0 Å². The van der Waals surface area contributed by atoms with Crippen molar-refractivity contribution in [3.63, 3.8) is 0 Å². The Morgan fingerprint density at radius 2 is 2.12 bits per heavy atom. The topological polar surface area (TPSA) is 89.6 Å². The molecule has 1 N–H and O–H groups in total. The Hall–Kier alpha value is -2.83. The van der Waals surface area contributed by atoms with Gasteiger partial charge < -0.3 is 9.84 Å². The van der Waals surface area contributed by atoms with Crippen LogP contribution in [-0.4, -0.2) is 31.1 Å². The van der Waals surface area contributed by atoms with Gasteiger partial charge in [-0.15, -0.1) is 0 Å². The van der Waals surface area contributed by atoms with Crippen LogP contribution in [0.25, 0.3) is 11.5 Å². The molecule has 3 aromatic heterocycles. The molecule has 24 heavy (non-hydrogen) atoms. The van der Waals surface area contributed by atoms with Crippen LogP contribution in [0.1, 0.15) is 37.2 Å². The average Bonchev–Trinajstić information content (AvgIpc) is 3.34. The first-order valence-electron chi connectivity index (χ1n) is 8.09. The second-order valence-electron chi connectivity index (χ2n) is 6.11. The summed E-state index contributed by atoms with van der Waals surface area (Å²) in [6.07, 6.45) is 10.0. The van der Waals surface area contributed by atoms with E-state index in [9.17, 15) is 0 Å². The molecule has 1 aliphatic carbocycles. The lowest BCUT2D eigenvalue weighted by atomic mass is 10.2. The molecule has 0 bridgehead atoms. The Balaban J connectivity index is 1.39. The lowest BCUT2D eigenvalue weighted by molar-refractivity contribution is 0.422. The summed E-state index contributed by atoms with van der Waals surface area (Å²) < 4.78 is 5.32. The monoisotopic (exact) mass is 322 g/mol. The third-order valence-electron chi connectivity index (χ3n) is 3.92. The van der Waals surface area contributed by atoms with Crippen LogP contribution in [-0.2, 0) is 6.42 Å². The van der Waals surface area contributed by atoms with Crippen molar-refractivity contribution in [2.45, 2.75) is 38.1 Å². The molecular formula is C17H18N6O. The molecule has 0 aromatic carbocycles. The van der Waals surface area contributed by atoms with Crippen molar-refractivity contribution < 1.29 is 4.52 Å². The number of anilines is 1. The third-order valence-corrected chi connectivity index (χ3v) is 3.92. The summed E-state index contributed by atoms with van der Waals surface area (Å²) in [7, 11) is 0.